The van der Waals surface area contributed by atoms with Gasteiger partial charge in [-0.15, -0.1) is 5.10 Å². The number of hydrogen-bond donors (Lipinski definition) is 1. The highest BCUT2D eigenvalue weighted by molar-refractivity contribution is 7.10. The normalized spacial score (nSPS) is 10.3. The molecule has 2 aromatic rings. The fourth-order valence-corrected chi connectivity index (χ4v) is 2.28. The Kier molecular flexibility index (Phi) is 4.04. The Morgan fingerprint density at radius 2 is 2.00 bits per heavy atom. The van der Waals surface area contributed by atoms with Crippen LogP contribution in [0.15, 0.2) is 18.2 Å². The summed E-state index contributed by atoms with van der Waals surface area (Å²) in [6, 6.07) is 5.05. The van der Waals surface area contributed by atoms with Crippen LogP contribution in [0.2, 0.25) is 10.0 Å². The number of nitrogens with one attached hydrogen (secondary N) is 1. The predicted octanol–water partition coefficient (Wildman–Crippen LogP) is 3.47. The number of benzene rings is 1. The van der Waals surface area contributed by atoms with E-state index in [1.165, 1.54) is 11.5 Å². The summed E-state index contributed by atoms with van der Waals surface area (Å²) in [6.07, 6.45) is 0. The number of rotatable bonds is 4. The summed E-state index contributed by atoms with van der Waals surface area (Å²) < 4.78 is 9.39. The Hall–Kier alpha value is -1.04. The smallest absolute Gasteiger partial charge is 0.136 e. The summed E-state index contributed by atoms with van der Waals surface area (Å²) in [5.74, 6) is 0.609. The molecule has 1 aromatic heterocycles. The molecule has 1 heterocycles. The molecule has 0 aliphatic heterocycles. The van der Waals surface area contributed by atoms with Gasteiger partial charge in [-0.3, -0.25) is 0 Å². The van der Waals surface area contributed by atoms with Gasteiger partial charge in [0.05, 0.1) is 0 Å². The molecule has 2 rings (SSSR count). The third kappa shape index (κ3) is 3.21. The van der Waals surface area contributed by atoms with E-state index < -0.39 is 0 Å². The van der Waals surface area contributed by atoms with Gasteiger partial charge < -0.3 is 10.1 Å². The van der Waals surface area contributed by atoms with Crippen LogP contribution < -0.4 is 10.1 Å². The largest absolute Gasteiger partial charge is 0.487 e. The lowest BCUT2D eigenvalue weighted by molar-refractivity contribution is 0.302. The zero-order valence-electron chi connectivity index (χ0n) is 8.91. The molecule has 1 N–H and O–H groups in total. The molecule has 0 aliphatic carbocycles. The van der Waals surface area contributed by atoms with E-state index in [1.807, 2.05) is 7.05 Å². The fourth-order valence-electron chi connectivity index (χ4n) is 1.26. The average Bonchev–Trinajstić information content (AvgIpc) is 2.72. The summed E-state index contributed by atoms with van der Waals surface area (Å²) >= 11 is 13.0. The maximum absolute atomic E-state index is 5.87. The Morgan fingerprint density at radius 3 is 2.65 bits per heavy atom. The minimum Gasteiger partial charge on any atom is -0.487 e. The fraction of sp³-hybridized carbons (Fsp3) is 0.200. The number of aromatic nitrogens is 2. The van der Waals surface area contributed by atoms with Crippen LogP contribution in [-0.4, -0.2) is 16.6 Å². The van der Waals surface area contributed by atoms with Crippen LogP contribution in [0.4, 0.5) is 5.00 Å². The maximum Gasteiger partial charge on any atom is 0.136 e. The molecule has 90 valence electrons. The molecule has 0 saturated heterocycles. The molecule has 0 amide bonds. The topological polar surface area (TPSA) is 47.0 Å². The van der Waals surface area contributed by atoms with E-state index in [0.717, 1.165) is 10.7 Å². The van der Waals surface area contributed by atoms with Gasteiger partial charge in [0.15, 0.2) is 0 Å². The van der Waals surface area contributed by atoms with Gasteiger partial charge in [-0.1, -0.05) is 27.7 Å². The standard InChI is InChI=1S/C10H9Cl2N3OS/c1-13-10-9(14-15-17-10)5-16-8-3-6(11)2-7(12)4-8/h2-4,13H,5H2,1H3. The van der Waals surface area contributed by atoms with Crippen molar-refractivity contribution in [3.63, 3.8) is 0 Å². The highest BCUT2D eigenvalue weighted by atomic mass is 35.5. The van der Waals surface area contributed by atoms with Gasteiger partial charge in [-0.05, 0) is 18.2 Å². The third-order valence-electron chi connectivity index (χ3n) is 1.99. The van der Waals surface area contributed by atoms with Crippen LogP contribution in [0.5, 0.6) is 5.75 Å². The number of halogens is 2. The Labute approximate surface area is 113 Å². The first kappa shape index (κ1) is 12.4. The van der Waals surface area contributed by atoms with Crippen LogP contribution in [0.25, 0.3) is 0 Å². The molecule has 17 heavy (non-hydrogen) atoms. The summed E-state index contributed by atoms with van der Waals surface area (Å²) in [4.78, 5) is 0. The molecular weight excluding hydrogens is 281 g/mol. The molecule has 0 saturated carbocycles. The number of ether oxygens (including phenoxy) is 1. The van der Waals surface area contributed by atoms with E-state index in [-0.39, 0.29) is 0 Å². The Bertz CT molecular complexity index is 498. The van der Waals surface area contributed by atoms with Crippen molar-refractivity contribution < 1.29 is 4.74 Å². The second-order valence-electron chi connectivity index (χ2n) is 3.19. The zero-order valence-corrected chi connectivity index (χ0v) is 11.2. The second kappa shape index (κ2) is 5.53. The first-order chi connectivity index (χ1) is 8.19. The monoisotopic (exact) mass is 289 g/mol. The van der Waals surface area contributed by atoms with Gasteiger partial charge in [0.2, 0.25) is 0 Å². The van der Waals surface area contributed by atoms with E-state index >= 15 is 0 Å². The summed E-state index contributed by atoms with van der Waals surface area (Å²) in [5.41, 5.74) is 0.758. The third-order valence-corrected chi connectivity index (χ3v) is 3.22. The van der Waals surface area contributed by atoms with Crippen LogP contribution in [-0.2, 0) is 6.61 Å². The van der Waals surface area contributed by atoms with Crippen LogP contribution in [0, 0.1) is 0 Å². The second-order valence-corrected chi connectivity index (χ2v) is 4.82. The summed E-state index contributed by atoms with van der Waals surface area (Å²) in [5, 5.41) is 8.92. The highest BCUT2D eigenvalue weighted by Gasteiger charge is 2.07. The maximum atomic E-state index is 5.87. The molecule has 7 heteroatoms. The molecule has 0 unspecified atom stereocenters. The molecular formula is C10H9Cl2N3OS. The number of hydrogen-bond acceptors (Lipinski definition) is 5. The van der Waals surface area contributed by atoms with E-state index in [4.69, 9.17) is 27.9 Å². The van der Waals surface area contributed by atoms with Crippen LogP contribution in [0.1, 0.15) is 5.69 Å². The Morgan fingerprint density at radius 1 is 1.29 bits per heavy atom. The van der Waals surface area contributed by atoms with Gasteiger partial charge in [-0.2, -0.15) is 0 Å². The quantitative estimate of drug-likeness (QED) is 0.936. The lowest BCUT2D eigenvalue weighted by atomic mass is 10.3. The minimum atomic E-state index is 0.323. The van der Waals surface area contributed by atoms with Gasteiger partial charge >= 0.3 is 0 Å². The number of nitrogens with zero attached hydrogens (tertiary/aromatic N) is 2. The van der Waals surface area contributed by atoms with Crippen molar-refractivity contribution in [2.45, 2.75) is 6.61 Å². The minimum absolute atomic E-state index is 0.323. The van der Waals surface area contributed by atoms with E-state index in [1.54, 1.807) is 18.2 Å². The van der Waals surface area contributed by atoms with Crippen molar-refractivity contribution in [3.05, 3.63) is 33.9 Å². The van der Waals surface area contributed by atoms with E-state index in [2.05, 4.69) is 14.9 Å². The van der Waals surface area contributed by atoms with Crippen molar-refractivity contribution in [2.75, 3.05) is 12.4 Å². The van der Waals surface area contributed by atoms with E-state index in [9.17, 15) is 0 Å². The van der Waals surface area contributed by atoms with Crippen molar-refractivity contribution in [2.24, 2.45) is 0 Å². The van der Waals surface area contributed by atoms with Gasteiger partial charge in [0.1, 0.15) is 23.1 Å². The molecule has 4 nitrogen and oxygen atoms in total. The van der Waals surface area contributed by atoms with Crippen molar-refractivity contribution in [3.8, 4) is 5.75 Å². The molecule has 0 atom stereocenters. The molecule has 0 aliphatic rings. The lowest BCUT2D eigenvalue weighted by Gasteiger charge is -2.06. The van der Waals surface area contributed by atoms with Gasteiger partial charge in [-0.25, -0.2) is 0 Å². The van der Waals surface area contributed by atoms with Gasteiger partial charge in [0.25, 0.3) is 0 Å². The SMILES string of the molecule is CNc1snnc1COc1cc(Cl)cc(Cl)c1. The zero-order chi connectivity index (χ0) is 12.3. The van der Waals surface area contributed by atoms with Crippen molar-refractivity contribution in [1.82, 2.24) is 9.59 Å². The van der Waals surface area contributed by atoms with Gasteiger partial charge in [0, 0.05) is 28.6 Å². The van der Waals surface area contributed by atoms with Crippen LogP contribution in [0.3, 0.4) is 0 Å². The first-order valence-electron chi connectivity index (χ1n) is 4.77. The summed E-state index contributed by atoms with van der Waals surface area (Å²) in [6.45, 7) is 0.323. The molecule has 0 bridgehead atoms. The van der Waals surface area contributed by atoms with E-state index in [0.29, 0.717) is 22.4 Å². The molecule has 1 aromatic carbocycles. The Balaban J connectivity index is 2.07. The lowest BCUT2D eigenvalue weighted by Crippen LogP contribution is -1.99. The average molecular weight is 290 g/mol. The number of anilines is 1. The molecule has 0 radical (unpaired) electrons. The van der Waals surface area contributed by atoms with Crippen molar-refractivity contribution >= 4 is 39.7 Å². The predicted molar refractivity (Wildman–Crippen MR) is 70.2 cm³/mol. The highest BCUT2D eigenvalue weighted by Crippen LogP contribution is 2.25. The molecule has 0 fully saturated rings. The van der Waals surface area contributed by atoms with Crippen molar-refractivity contribution in [1.29, 1.82) is 0 Å². The first-order valence-corrected chi connectivity index (χ1v) is 6.30. The van der Waals surface area contributed by atoms with Crippen LogP contribution >= 0.6 is 34.7 Å². The molecule has 0 spiro atoms. The summed E-state index contributed by atoms with van der Waals surface area (Å²) in [7, 11) is 1.81.